The number of hydrogen-bond acceptors (Lipinski definition) is 6. The van der Waals surface area contributed by atoms with Crippen molar-refractivity contribution in [2.24, 2.45) is 5.92 Å². The summed E-state index contributed by atoms with van der Waals surface area (Å²) in [5, 5.41) is 13.9. The molecule has 0 spiro atoms. The molecule has 9 nitrogen and oxygen atoms in total. The first kappa shape index (κ1) is 18.9. The van der Waals surface area contributed by atoms with Crippen molar-refractivity contribution in [3.8, 4) is 0 Å². The second-order valence-corrected chi connectivity index (χ2v) is 5.39. The number of nitrogens with one attached hydrogen (secondary N) is 3. The number of cyclic esters (lactones) is 1. The van der Waals surface area contributed by atoms with Gasteiger partial charge in [-0.15, -0.1) is 0 Å². The van der Waals surface area contributed by atoms with Gasteiger partial charge in [0.1, 0.15) is 6.29 Å². The van der Waals surface area contributed by atoms with Gasteiger partial charge in [-0.25, -0.2) is 10.3 Å². The smallest absolute Gasteiger partial charge is 0.407 e. The highest BCUT2D eigenvalue weighted by atomic mass is 16.5. The van der Waals surface area contributed by atoms with E-state index in [0.29, 0.717) is 38.5 Å². The lowest BCUT2D eigenvalue weighted by atomic mass is 9.98. The zero-order valence-corrected chi connectivity index (χ0v) is 12.9. The van der Waals surface area contributed by atoms with Gasteiger partial charge in [-0.2, -0.15) is 0 Å². The van der Waals surface area contributed by atoms with E-state index in [1.54, 1.807) is 0 Å². The summed E-state index contributed by atoms with van der Waals surface area (Å²) in [6.45, 7) is 0.535. The molecule has 0 unspecified atom stereocenters. The molecule has 9 heteroatoms. The van der Waals surface area contributed by atoms with E-state index in [1.165, 1.54) is 5.48 Å². The molecule has 1 fully saturated rings. The molecule has 0 radical (unpaired) electrons. The number of hydroxylamine groups is 1. The van der Waals surface area contributed by atoms with E-state index < -0.39 is 29.9 Å². The largest absolute Gasteiger partial charge is 0.450 e. The summed E-state index contributed by atoms with van der Waals surface area (Å²) in [7, 11) is 0. The fraction of sp³-hybridized carbons (Fsp3) is 0.714. The summed E-state index contributed by atoms with van der Waals surface area (Å²) >= 11 is 0. The van der Waals surface area contributed by atoms with Crippen LogP contribution >= 0.6 is 0 Å². The highest BCUT2D eigenvalue weighted by molar-refractivity contribution is 5.86. The van der Waals surface area contributed by atoms with Gasteiger partial charge >= 0.3 is 6.09 Å². The Morgan fingerprint density at radius 1 is 1.26 bits per heavy atom. The molecule has 2 atom stereocenters. The van der Waals surface area contributed by atoms with Gasteiger partial charge in [0.05, 0.1) is 12.6 Å². The van der Waals surface area contributed by atoms with Crippen molar-refractivity contribution in [1.29, 1.82) is 0 Å². The lowest BCUT2D eigenvalue weighted by molar-refractivity contribution is -0.137. The number of hydrogen-bond donors (Lipinski definition) is 4. The normalized spacial score (nSPS) is 24.9. The quantitative estimate of drug-likeness (QED) is 0.317. The summed E-state index contributed by atoms with van der Waals surface area (Å²) in [4.78, 5) is 45.9. The second kappa shape index (κ2) is 10.5. The molecular formula is C14H23N3O6. The van der Waals surface area contributed by atoms with E-state index in [2.05, 4.69) is 10.6 Å². The van der Waals surface area contributed by atoms with Crippen LogP contribution in [0.5, 0.6) is 0 Å². The van der Waals surface area contributed by atoms with Crippen molar-refractivity contribution in [2.45, 2.75) is 44.6 Å². The van der Waals surface area contributed by atoms with E-state index in [0.717, 1.165) is 0 Å². The van der Waals surface area contributed by atoms with Crippen LogP contribution in [0.2, 0.25) is 0 Å². The molecule has 1 rings (SSSR count). The third-order valence-electron chi connectivity index (χ3n) is 3.56. The Bertz CT molecular complexity index is 429. The maximum Gasteiger partial charge on any atom is 0.407 e. The zero-order chi connectivity index (χ0) is 17.1. The lowest BCUT2D eigenvalue weighted by Gasteiger charge is -2.16. The monoisotopic (exact) mass is 329 g/mol. The SMILES string of the molecule is O=C[C@@H]1CCCCNC(=O)OCCC[C@H](C(=O)NO)CC(=O)N1. The van der Waals surface area contributed by atoms with Gasteiger partial charge in [-0.05, 0) is 32.1 Å². The number of carbonyl (C=O) groups is 4. The van der Waals surface area contributed by atoms with Crippen LogP contribution < -0.4 is 16.1 Å². The molecule has 23 heavy (non-hydrogen) atoms. The average Bonchev–Trinajstić information content (AvgIpc) is 2.55. The van der Waals surface area contributed by atoms with Crippen molar-refractivity contribution in [3.05, 3.63) is 0 Å². The maximum atomic E-state index is 11.9. The van der Waals surface area contributed by atoms with Crippen LogP contribution in [0.25, 0.3) is 0 Å². The van der Waals surface area contributed by atoms with Gasteiger partial charge in [-0.3, -0.25) is 14.8 Å². The summed E-state index contributed by atoms with van der Waals surface area (Å²) < 4.78 is 4.95. The first-order valence-corrected chi connectivity index (χ1v) is 7.66. The zero-order valence-electron chi connectivity index (χ0n) is 12.9. The molecule has 3 amide bonds. The first-order chi connectivity index (χ1) is 11.1. The molecule has 0 saturated carbocycles. The van der Waals surface area contributed by atoms with Crippen LogP contribution in [0.4, 0.5) is 4.79 Å². The molecule has 0 aliphatic carbocycles. The van der Waals surface area contributed by atoms with Gasteiger partial charge in [0.2, 0.25) is 11.8 Å². The molecule has 0 aromatic rings. The minimum absolute atomic E-state index is 0.111. The molecule has 1 saturated heterocycles. The van der Waals surface area contributed by atoms with Crippen LogP contribution in [0.15, 0.2) is 0 Å². The minimum atomic E-state index is -0.760. The third kappa shape index (κ3) is 7.59. The Morgan fingerprint density at radius 2 is 2.04 bits per heavy atom. The average molecular weight is 329 g/mol. The van der Waals surface area contributed by atoms with Crippen molar-refractivity contribution < 1.29 is 29.1 Å². The number of ether oxygens (including phenoxy) is 1. The van der Waals surface area contributed by atoms with Crippen LogP contribution in [0.3, 0.4) is 0 Å². The molecule has 0 aromatic heterocycles. The second-order valence-electron chi connectivity index (χ2n) is 5.39. The van der Waals surface area contributed by atoms with E-state index in [4.69, 9.17) is 9.94 Å². The number of aldehydes is 1. The third-order valence-corrected chi connectivity index (χ3v) is 3.56. The fourth-order valence-corrected chi connectivity index (χ4v) is 2.31. The molecular weight excluding hydrogens is 306 g/mol. The molecule has 1 heterocycles. The van der Waals surface area contributed by atoms with Gasteiger partial charge in [-0.1, -0.05) is 0 Å². The number of carbonyl (C=O) groups excluding carboxylic acids is 4. The standard InChI is InChI=1S/C14H23N3O6/c18-9-11-5-1-2-6-15-14(21)23-7-3-4-10(13(20)17-22)8-12(19)16-11/h9-11,22H,1-8H2,(H,15,21)(H,16,19)(H,17,20)/t10-,11-/m0/s1. The Balaban J connectivity index is 2.68. The van der Waals surface area contributed by atoms with Crippen molar-refractivity contribution in [2.75, 3.05) is 13.2 Å². The Labute approximate surface area is 134 Å². The molecule has 0 aromatic carbocycles. The van der Waals surface area contributed by atoms with Crippen LogP contribution in [0, 0.1) is 5.92 Å². The van der Waals surface area contributed by atoms with Gasteiger partial charge in [0.25, 0.3) is 0 Å². The highest BCUT2D eigenvalue weighted by Gasteiger charge is 2.23. The summed E-state index contributed by atoms with van der Waals surface area (Å²) in [6, 6.07) is -0.627. The van der Waals surface area contributed by atoms with Crippen molar-refractivity contribution >= 4 is 24.2 Å². The van der Waals surface area contributed by atoms with Gasteiger partial charge in [0.15, 0.2) is 0 Å². The lowest BCUT2D eigenvalue weighted by Crippen LogP contribution is -2.39. The van der Waals surface area contributed by atoms with Crippen LogP contribution in [0.1, 0.15) is 38.5 Å². The van der Waals surface area contributed by atoms with E-state index in [1.807, 2.05) is 0 Å². The van der Waals surface area contributed by atoms with Gasteiger partial charge in [0, 0.05) is 18.9 Å². The summed E-state index contributed by atoms with van der Waals surface area (Å²) in [6.07, 6.45) is 2.35. The van der Waals surface area contributed by atoms with Gasteiger partial charge < -0.3 is 20.2 Å². The Hall–Kier alpha value is -2.16. The highest BCUT2D eigenvalue weighted by Crippen LogP contribution is 2.13. The molecule has 1 aliphatic heterocycles. The minimum Gasteiger partial charge on any atom is -0.450 e. The maximum absolute atomic E-state index is 11.9. The van der Waals surface area contributed by atoms with Crippen LogP contribution in [-0.2, 0) is 19.1 Å². The van der Waals surface area contributed by atoms with Crippen molar-refractivity contribution in [3.63, 3.8) is 0 Å². The van der Waals surface area contributed by atoms with E-state index in [-0.39, 0.29) is 19.4 Å². The molecule has 1 aliphatic rings. The summed E-state index contributed by atoms with van der Waals surface area (Å²) in [5.74, 6) is -1.87. The Kier molecular flexibility index (Phi) is 8.66. The number of rotatable bonds is 2. The summed E-state index contributed by atoms with van der Waals surface area (Å²) in [5.41, 5.74) is 1.53. The molecule has 0 bridgehead atoms. The van der Waals surface area contributed by atoms with E-state index >= 15 is 0 Å². The predicted octanol–water partition coefficient (Wildman–Crippen LogP) is -0.128. The molecule has 130 valence electrons. The Morgan fingerprint density at radius 3 is 2.74 bits per heavy atom. The predicted molar refractivity (Wildman–Crippen MR) is 78.5 cm³/mol. The topological polar surface area (TPSA) is 134 Å². The van der Waals surface area contributed by atoms with Crippen molar-refractivity contribution in [1.82, 2.24) is 16.1 Å². The van der Waals surface area contributed by atoms with E-state index in [9.17, 15) is 19.2 Å². The number of amides is 3. The fourth-order valence-electron chi connectivity index (χ4n) is 2.31. The number of alkyl carbamates (subject to hydrolysis) is 1. The van der Waals surface area contributed by atoms with Crippen LogP contribution in [-0.4, -0.2) is 48.6 Å². The first-order valence-electron chi connectivity index (χ1n) is 7.66. The molecule has 4 N–H and O–H groups in total.